The predicted molar refractivity (Wildman–Crippen MR) is 72.3 cm³/mol. The molecule has 0 amide bonds. The van der Waals surface area contributed by atoms with Crippen molar-refractivity contribution in [2.75, 3.05) is 11.5 Å². The first-order valence-electron chi connectivity index (χ1n) is 6.03. The molecular weight excluding hydrogens is 248 g/mol. The number of carbonyl (C=O) groups is 1. The van der Waals surface area contributed by atoms with Gasteiger partial charge in [0.1, 0.15) is 0 Å². The van der Waals surface area contributed by atoms with Crippen LogP contribution in [0.25, 0.3) is 11.0 Å². The van der Waals surface area contributed by atoms with Gasteiger partial charge in [0, 0.05) is 6.04 Å². The Hall–Kier alpha value is -1.49. The molecule has 1 aliphatic rings. The molecule has 1 saturated heterocycles. The van der Waals surface area contributed by atoms with E-state index >= 15 is 0 Å². The second-order valence-electron chi connectivity index (χ2n) is 4.50. The average molecular weight is 262 g/mol. The van der Waals surface area contributed by atoms with Crippen LogP contribution in [0, 0.1) is 0 Å². The molecule has 0 spiro atoms. The van der Waals surface area contributed by atoms with Crippen LogP contribution >= 0.6 is 11.8 Å². The van der Waals surface area contributed by atoms with Crippen molar-refractivity contribution in [2.45, 2.75) is 18.9 Å². The van der Waals surface area contributed by atoms with Gasteiger partial charge in [-0.05, 0) is 42.5 Å². The van der Waals surface area contributed by atoms with Crippen LogP contribution in [-0.4, -0.2) is 32.1 Å². The maximum atomic E-state index is 10.9. The van der Waals surface area contributed by atoms with Gasteiger partial charge in [-0.25, -0.2) is 9.78 Å². The number of rotatable bonds is 2. The lowest BCUT2D eigenvalue weighted by Crippen LogP contribution is -2.14. The highest BCUT2D eigenvalue weighted by atomic mass is 32.2. The van der Waals surface area contributed by atoms with Crippen LogP contribution in [0.1, 0.15) is 29.2 Å². The van der Waals surface area contributed by atoms with Gasteiger partial charge in [-0.15, -0.1) is 0 Å². The van der Waals surface area contributed by atoms with Gasteiger partial charge in [-0.1, -0.05) is 0 Å². The summed E-state index contributed by atoms with van der Waals surface area (Å²) in [5.74, 6) is 1.48. The van der Waals surface area contributed by atoms with Crippen LogP contribution in [0.2, 0.25) is 0 Å². The van der Waals surface area contributed by atoms with Crippen LogP contribution in [0.3, 0.4) is 0 Å². The first-order chi connectivity index (χ1) is 8.75. The molecule has 0 aliphatic carbocycles. The standard InChI is InChI=1S/C13H14N2O2S/c16-13(17)9-1-2-12-11(7-9)14-8-15(12)10-3-5-18-6-4-10/h1-2,7-8,10H,3-6H2,(H,16,17). The summed E-state index contributed by atoms with van der Waals surface area (Å²) in [7, 11) is 0. The number of fused-ring (bicyclic) bond motifs is 1. The second-order valence-corrected chi connectivity index (χ2v) is 5.73. The third-order valence-electron chi connectivity index (χ3n) is 3.41. The Morgan fingerprint density at radius 2 is 2.17 bits per heavy atom. The minimum absolute atomic E-state index is 0.298. The normalized spacial score (nSPS) is 17.1. The van der Waals surface area contributed by atoms with Crippen molar-refractivity contribution in [1.29, 1.82) is 0 Å². The minimum atomic E-state index is -0.902. The Bertz CT molecular complexity index is 588. The smallest absolute Gasteiger partial charge is 0.335 e. The highest BCUT2D eigenvalue weighted by Gasteiger charge is 2.18. The molecule has 3 rings (SSSR count). The molecule has 1 aromatic carbocycles. The van der Waals surface area contributed by atoms with Crippen molar-refractivity contribution in [3.05, 3.63) is 30.1 Å². The number of carboxylic acid groups (broad SMARTS) is 1. The number of aromatic carboxylic acids is 1. The molecule has 1 fully saturated rings. The Labute approximate surface area is 109 Å². The van der Waals surface area contributed by atoms with E-state index in [-0.39, 0.29) is 0 Å². The molecule has 18 heavy (non-hydrogen) atoms. The number of hydrogen-bond acceptors (Lipinski definition) is 3. The number of hydrogen-bond donors (Lipinski definition) is 1. The van der Waals surface area contributed by atoms with Gasteiger partial charge in [-0.2, -0.15) is 11.8 Å². The molecule has 0 saturated carbocycles. The summed E-state index contributed by atoms with van der Waals surface area (Å²) in [6, 6.07) is 5.67. The van der Waals surface area contributed by atoms with Gasteiger partial charge in [0.25, 0.3) is 0 Å². The average Bonchev–Trinajstić information content (AvgIpc) is 2.82. The van der Waals surface area contributed by atoms with Gasteiger partial charge in [0.2, 0.25) is 0 Å². The first-order valence-corrected chi connectivity index (χ1v) is 7.19. The zero-order chi connectivity index (χ0) is 12.5. The molecule has 94 valence electrons. The molecule has 0 radical (unpaired) electrons. The molecule has 1 N–H and O–H groups in total. The molecule has 4 nitrogen and oxygen atoms in total. The van der Waals surface area contributed by atoms with Crippen LogP contribution < -0.4 is 0 Å². The van der Waals surface area contributed by atoms with Crippen molar-refractivity contribution in [2.24, 2.45) is 0 Å². The minimum Gasteiger partial charge on any atom is -0.478 e. The highest BCUT2D eigenvalue weighted by molar-refractivity contribution is 7.99. The molecule has 1 aliphatic heterocycles. The number of thioether (sulfide) groups is 1. The van der Waals surface area contributed by atoms with Crippen molar-refractivity contribution in [3.63, 3.8) is 0 Å². The maximum absolute atomic E-state index is 10.9. The third kappa shape index (κ3) is 1.99. The summed E-state index contributed by atoms with van der Waals surface area (Å²) < 4.78 is 2.20. The molecule has 0 atom stereocenters. The molecule has 2 heterocycles. The Balaban J connectivity index is 2.01. The van der Waals surface area contributed by atoms with Crippen LogP contribution in [0.15, 0.2) is 24.5 Å². The summed E-state index contributed by atoms with van der Waals surface area (Å²) in [6.07, 6.45) is 4.17. The van der Waals surface area contributed by atoms with Crippen molar-refractivity contribution >= 4 is 28.8 Å². The first kappa shape index (κ1) is 11.6. The van der Waals surface area contributed by atoms with Gasteiger partial charge < -0.3 is 9.67 Å². The lowest BCUT2D eigenvalue weighted by molar-refractivity contribution is 0.0697. The molecular formula is C13H14N2O2S. The summed E-state index contributed by atoms with van der Waals surface area (Å²) >= 11 is 2.00. The van der Waals surface area contributed by atoms with E-state index in [1.807, 2.05) is 24.2 Å². The van der Waals surface area contributed by atoms with Gasteiger partial charge in [-0.3, -0.25) is 0 Å². The van der Waals surface area contributed by atoms with E-state index in [1.54, 1.807) is 12.1 Å². The molecule has 0 bridgehead atoms. The summed E-state index contributed by atoms with van der Waals surface area (Å²) in [6.45, 7) is 0. The van der Waals surface area contributed by atoms with Gasteiger partial charge >= 0.3 is 5.97 Å². The second kappa shape index (κ2) is 4.65. The van der Waals surface area contributed by atoms with E-state index in [1.165, 1.54) is 11.5 Å². The topological polar surface area (TPSA) is 55.1 Å². The Kier molecular flexibility index (Phi) is 2.99. The zero-order valence-corrected chi connectivity index (χ0v) is 10.7. The number of imidazole rings is 1. The number of nitrogens with zero attached hydrogens (tertiary/aromatic N) is 2. The van der Waals surface area contributed by atoms with Crippen LogP contribution in [-0.2, 0) is 0 Å². The number of aromatic nitrogens is 2. The van der Waals surface area contributed by atoms with Crippen molar-refractivity contribution in [1.82, 2.24) is 9.55 Å². The van der Waals surface area contributed by atoms with Gasteiger partial charge in [0.15, 0.2) is 0 Å². The third-order valence-corrected chi connectivity index (χ3v) is 4.45. The number of benzene rings is 1. The predicted octanol–water partition coefficient (Wildman–Crippen LogP) is 2.80. The fourth-order valence-electron chi connectivity index (χ4n) is 2.42. The highest BCUT2D eigenvalue weighted by Crippen LogP contribution is 2.29. The van der Waals surface area contributed by atoms with E-state index in [4.69, 9.17) is 5.11 Å². The van der Waals surface area contributed by atoms with Crippen molar-refractivity contribution in [3.8, 4) is 0 Å². The summed E-state index contributed by atoms with van der Waals surface area (Å²) in [5.41, 5.74) is 2.11. The van der Waals surface area contributed by atoms with Crippen LogP contribution in [0.5, 0.6) is 0 Å². The quantitative estimate of drug-likeness (QED) is 0.904. The van der Waals surface area contributed by atoms with Gasteiger partial charge in [0.05, 0.1) is 22.9 Å². The summed E-state index contributed by atoms with van der Waals surface area (Å²) in [5, 5.41) is 8.96. The Morgan fingerprint density at radius 3 is 2.89 bits per heavy atom. The fourth-order valence-corrected chi connectivity index (χ4v) is 3.50. The van der Waals surface area contributed by atoms with Crippen molar-refractivity contribution < 1.29 is 9.90 Å². The van der Waals surface area contributed by atoms with E-state index in [9.17, 15) is 4.79 Å². The molecule has 2 aromatic rings. The molecule has 5 heteroatoms. The fraction of sp³-hybridized carbons (Fsp3) is 0.385. The molecule has 0 unspecified atom stereocenters. The van der Waals surface area contributed by atoms with E-state index < -0.39 is 5.97 Å². The number of carboxylic acids is 1. The van der Waals surface area contributed by atoms with E-state index in [0.29, 0.717) is 11.6 Å². The maximum Gasteiger partial charge on any atom is 0.335 e. The van der Waals surface area contributed by atoms with Crippen LogP contribution in [0.4, 0.5) is 0 Å². The Morgan fingerprint density at radius 1 is 1.39 bits per heavy atom. The zero-order valence-electron chi connectivity index (χ0n) is 9.87. The van der Waals surface area contributed by atoms with E-state index in [0.717, 1.165) is 23.9 Å². The summed E-state index contributed by atoms with van der Waals surface area (Å²) in [4.78, 5) is 15.2. The van der Waals surface area contributed by atoms with E-state index in [2.05, 4.69) is 9.55 Å². The lowest BCUT2D eigenvalue weighted by atomic mass is 10.1. The molecule has 1 aromatic heterocycles. The lowest BCUT2D eigenvalue weighted by Gasteiger charge is -2.23. The monoisotopic (exact) mass is 262 g/mol. The largest absolute Gasteiger partial charge is 0.478 e. The SMILES string of the molecule is O=C(O)c1ccc2c(c1)ncn2C1CCSCC1.